The van der Waals surface area contributed by atoms with E-state index in [4.69, 9.17) is 4.74 Å². The molecule has 2 heterocycles. The molecule has 0 saturated heterocycles. The van der Waals surface area contributed by atoms with Crippen molar-refractivity contribution < 1.29 is 13.9 Å². The maximum Gasteiger partial charge on any atom is 0.258 e. The molecule has 0 aliphatic rings. The Hall–Kier alpha value is -2.18. The molecule has 0 fully saturated rings. The summed E-state index contributed by atoms with van der Waals surface area (Å²) in [4.78, 5) is 12.8. The smallest absolute Gasteiger partial charge is 0.258 e. The summed E-state index contributed by atoms with van der Waals surface area (Å²) in [5.74, 6) is -0.670. The topological polar surface area (TPSA) is 38.3 Å². The number of rotatable bonds is 6. The fourth-order valence-corrected chi connectivity index (χ4v) is 3.49. The number of para-hydroxylation sites is 1. The Morgan fingerprint density at radius 1 is 1.17 bits per heavy atom. The number of hydrogen-bond acceptors (Lipinski definition) is 4. The lowest BCUT2D eigenvalue weighted by atomic mass is 10.2. The Balaban J connectivity index is 1.49. The van der Waals surface area contributed by atoms with E-state index in [9.17, 15) is 9.18 Å². The standard InChI is InChI=1S/C17H14FNO2S2/c18-15-3-1-2-4-16(15)21-9-17(20)19-8-14-7-13(11-23-14)12-5-6-22-10-12/h1-7,10-11H,8-9H2,(H,19,20). The maximum atomic E-state index is 13.4. The zero-order valence-corrected chi connectivity index (χ0v) is 13.8. The summed E-state index contributed by atoms with van der Waals surface area (Å²) in [6, 6.07) is 10.2. The number of ether oxygens (including phenoxy) is 1. The third kappa shape index (κ3) is 4.18. The van der Waals surface area contributed by atoms with Gasteiger partial charge in [-0.1, -0.05) is 12.1 Å². The van der Waals surface area contributed by atoms with E-state index >= 15 is 0 Å². The van der Waals surface area contributed by atoms with E-state index in [1.807, 2.05) is 5.38 Å². The molecule has 2 aromatic heterocycles. The first-order valence-electron chi connectivity index (χ1n) is 6.96. The first kappa shape index (κ1) is 15.7. The molecule has 3 rings (SSSR count). The number of benzene rings is 1. The quantitative estimate of drug-likeness (QED) is 0.721. The van der Waals surface area contributed by atoms with Crippen molar-refractivity contribution in [3.05, 3.63) is 63.2 Å². The molecular weight excluding hydrogens is 333 g/mol. The first-order valence-corrected chi connectivity index (χ1v) is 8.78. The van der Waals surface area contributed by atoms with Crippen LogP contribution in [0, 0.1) is 5.82 Å². The highest BCUT2D eigenvalue weighted by atomic mass is 32.1. The lowest BCUT2D eigenvalue weighted by Crippen LogP contribution is -2.28. The van der Waals surface area contributed by atoms with Gasteiger partial charge in [-0.25, -0.2) is 4.39 Å². The van der Waals surface area contributed by atoms with E-state index in [1.54, 1.807) is 34.8 Å². The van der Waals surface area contributed by atoms with Crippen LogP contribution in [0.4, 0.5) is 4.39 Å². The van der Waals surface area contributed by atoms with Crippen molar-refractivity contribution in [2.24, 2.45) is 0 Å². The van der Waals surface area contributed by atoms with Crippen LogP contribution in [0.3, 0.4) is 0 Å². The molecule has 0 aliphatic carbocycles. The minimum Gasteiger partial charge on any atom is -0.481 e. The van der Waals surface area contributed by atoms with Gasteiger partial charge in [-0.05, 0) is 51.5 Å². The molecule has 0 saturated carbocycles. The monoisotopic (exact) mass is 347 g/mol. The van der Waals surface area contributed by atoms with Gasteiger partial charge in [0.15, 0.2) is 18.2 Å². The average molecular weight is 347 g/mol. The van der Waals surface area contributed by atoms with E-state index in [1.165, 1.54) is 17.7 Å². The van der Waals surface area contributed by atoms with Crippen LogP contribution < -0.4 is 10.1 Å². The Bertz CT molecular complexity index is 784. The minimum absolute atomic E-state index is 0.0820. The van der Waals surface area contributed by atoms with Gasteiger partial charge in [0.05, 0.1) is 6.54 Å². The van der Waals surface area contributed by atoms with E-state index < -0.39 is 5.82 Å². The molecule has 118 valence electrons. The van der Waals surface area contributed by atoms with Gasteiger partial charge < -0.3 is 10.1 Å². The second-order valence-corrected chi connectivity index (χ2v) is 6.59. The van der Waals surface area contributed by atoms with Crippen molar-refractivity contribution in [2.75, 3.05) is 6.61 Å². The molecule has 3 nitrogen and oxygen atoms in total. The number of amides is 1. The van der Waals surface area contributed by atoms with Crippen LogP contribution in [0.25, 0.3) is 11.1 Å². The lowest BCUT2D eigenvalue weighted by Gasteiger charge is -2.07. The normalized spacial score (nSPS) is 10.5. The molecule has 1 amide bonds. The number of carbonyl (C=O) groups is 1. The van der Waals surface area contributed by atoms with Gasteiger partial charge >= 0.3 is 0 Å². The highest BCUT2D eigenvalue weighted by Crippen LogP contribution is 2.27. The maximum absolute atomic E-state index is 13.4. The molecule has 0 atom stereocenters. The molecule has 23 heavy (non-hydrogen) atoms. The number of hydrogen-bond donors (Lipinski definition) is 1. The zero-order valence-electron chi connectivity index (χ0n) is 12.1. The molecule has 6 heteroatoms. The summed E-state index contributed by atoms with van der Waals surface area (Å²) in [6.45, 7) is 0.234. The van der Waals surface area contributed by atoms with Gasteiger partial charge in [-0.15, -0.1) is 11.3 Å². The summed E-state index contributed by atoms with van der Waals surface area (Å²) in [5.41, 5.74) is 2.34. The molecule has 3 aromatic rings. The molecule has 1 N–H and O–H groups in total. The molecule has 0 aliphatic heterocycles. The van der Waals surface area contributed by atoms with E-state index in [2.05, 4.69) is 28.2 Å². The third-order valence-corrected chi connectivity index (χ3v) is 4.78. The van der Waals surface area contributed by atoms with Crippen LogP contribution in [-0.2, 0) is 11.3 Å². The zero-order chi connectivity index (χ0) is 16.1. The summed E-state index contributed by atoms with van der Waals surface area (Å²) >= 11 is 3.25. The summed E-state index contributed by atoms with van der Waals surface area (Å²) in [7, 11) is 0. The van der Waals surface area contributed by atoms with Crippen LogP contribution in [0.2, 0.25) is 0 Å². The summed E-state index contributed by atoms with van der Waals surface area (Å²) < 4.78 is 18.5. The van der Waals surface area contributed by atoms with Crippen LogP contribution in [0.1, 0.15) is 4.88 Å². The van der Waals surface area contributed by atoms with Crippen LogP contribution >= 0.6 is 22.7 Å². The number of thiophene rings is 2. The first-order chi connectivity index (χ1) is 11.2. The molecular formula is C17H14FNO2S2. The van der Waals surface area contributed by atoms with Gasteiger partial charge in [0, 0.05) is 4.88 Å². The Labute approximate surface area is 141 Å². The Morgan fingerprint density at radius 3 is 2.83 bits per heavy atom. The molecule has 0 unspecified atom stereocenters. The van der Waals surface area contributed by atoms with E-state index in [0.717, 1.165) is 10.4 Å². The Kier molecular flexibility index (Phi) is 5.05. The fraction of sp³-hybridized carbons (Fsp3) is 0.118. The van der Waals surface area contributed by atoms with Gasteiger partial charge in [-0.2, -0.15) is 11.3 Å². The predicted octanol–water partition coefficient (Wildman–Crippen LogP) is 4.31. The van der Waals surface area contributed by atoms with Crippen molar-refractivity contribution in [3.63, 3.8) is 0 Å². The average Bonchev–Trinajstić information content (AvgIpc) is 3.23. The highest BCUT2D eigenvalue weighted by molar-refractivity contribution is 7.10. The van der Waals surface area contributed by atoms with Crippen molar-refractivity contribution in [1.82, 2.24) is 5.32 Å². The van der Waals surface area contributed by atoms with E-state index in [0.29, 0.717) is 6.54 Å². The second kappa shape index (κ2) is 7.39. The molecule has 1 aromatic carbocycles. The SMILES string of the molecule is O=C(COc1ccccc1F)NCc1cc(-c2ccsc2)cs1. The molecule has 0 bridgehead atoms. The summed E-state index contributed by atoms with van der Waals surface area (Å²) in [5, 5.41) is 8.97. The van der Waals surface area contributed by atoms with E-state index in [-0.39, 0.29) is 18.3 Å². The lowest BCUT2D eigenvalue weighted by molar-refractivity contribution is -0.123. The summed E-state index contributed by atoms with van der Waals surface area (Å²) in [6.07, 6.45) is 0. The van der Waals surface area contributed by atoms with Gasteiger partial charge in [0.2, 0.25) is 0 Å². The highest BCUT2D eigenvalue weighted by Gasteiger charge is 2.08. The second-order valence-electron chi connectivity index (χ2n) is 4.81. The van der Waals surface area contributed by atoms with Gasteiger partial charge in [0.25, 0.3) is 5.91 Å². The molecule has 0 radical (unpaired) electrons. The number of carbonyl (C=O) groups excluding carboxylic acids is 1. The predicted molar refractivity (Wildman–Crippen MR) is 91.4 cm³/mol. The van der Waals surface area contributed by atoms with Crippen molar-refractivity contribution in [2.45, 2.75) is 6.54 Å². The van der Waals surface area contributed by atoms with Crippen LogP contribution in [0.15, 0.2) is 52.5 Å². The third-order valence-electron chi connectivity index (χ3n) is 3.16. The Morgan fingerprint density at radius 2 is 2.04 bits per heavy atom. The van der Waals surface area contributed by atoms with Crippen LogP contribution in [0.5, 0.6) is 5.75 Å². The van der Waals surface area contributed by atoms with Gasteiger partial charge in [-0.3, -0.25) is 4.79 Å². The van der Waals surface area contributed by atoms with Crippen molar-refractivity contribution in [1.29, 1.82) is 0 Å². The largest absolute Gasteiger partial charge is 0.481 e. The van der Waals surface area contributed by atoms with Crippen LogP contribution in [-0.4, -0.2) is 12.5 Å². The fourth-order valence-electron chi connectivity index (χ4n) is 2.00. The molecule has 0 spiro atoms. The number of halogens is 1. The minimum atomic E-state index is -0.473. The van der Waals surface area contributed by atoms with Crippen molar-refractivity contribution >= 4 is 28.6 Å². The number of nitrogens with one attached hydrogen (secondary N) is 1. The van der Waals surface area contributed by atoms with Crippen molar-refractivity contribution in [3.8, 4) is 16.9 Å². The van der Waals surface area contributed by atoms with Gasteiger partial charge in [0.1, 0.15) is 0 Å².